The lowest BCUT2D eigenvalue weighted by atomic mass is 9.89. The Morgan fingerprint density at radius 1 is 0.933 bits per heavy atom. The minimum absolute atomic E-state index is 0.294. The summed E-state index contributed by atoms with van der Waals surface area (Å²) in [4.78, 5) is 15.4. The van der Waals surface area contributed by atoms with Crippen molar-refractivity contribution in [2.24, 2.45) is 0 Å². The first-order chi connectivity index (χ1) is 14.6. The first kappa shape index (κ1) is 21.8. The van der Waals surface area contributed by atoms with Gasteiger partial charge in [-0.25, -0.2) is 0 Å². The summed E-state index contributed by atoms with van der Waals surface area (Å²) in [5.41, 5.74) is 2.63. The van der Waals surface area contributed by atoms with Crippen molar-refractivity contribution < 1.29 is 23.7 Å². The fourth-order valence-electron chi connectivity index (χ4n) is 3.99. The molecule has 0 N–H and O–H groups in total. The number of ether oxygens (including phenoxy) is 4. The predicted octanol–water partition coefficient (Wildman–Crippen LogP) is 4.40. The van der Waals surface area contributed by atoms with Crippen molar-refractivity contribution in [1.29, 1.82) is 0 Å². The Hall–Kier alpha value is -2.89. The normalized spacial score (nSPS) is 14.7. The number of carbonyl (C=O) groups is 1. The van der Waals surface area contributed by atoms with Gasteiger partial charge in [0.05, 0.1) is 33.5 Å². The monoisotopic (exact) mass is 413 g/mol. The summed E-state index contributed by atoms with van der Waals surface area (Å²) in [6.45, 7) is 4.24. The average Bonchev–Trinajstić information content (AvgIpc) is 2.80. The Bertz CT molecular complexity index is 818. The Kier molecular flexibility index (Phi) is 7.44. The summed E-state index contributed by atoms with van der Waals surface area (Å²) in [7, 11) is 4.72. The smallest absolute Gasteiger partial charge is 0.318 e. The van der Waals surface area contributed by atoms with Crippen LogP contribution in [0.3, 0.4) is 0 Å². The highest BCUT2D eigenvalue weighted by molar-refractivity contribution is 5.85. The van der Waals surface area contributed by atoms with Crippen molar-refractivity contribution in [2.75, 3.05) is 45.9 Å². The molecule has 0 bridgehead atoms. The number of hydrogen-bond donors (Lipinski definition) is 0. The summed E-state index contributed by atoms with van der Waals surface area (Å²) in [5.74, 6) is 0.616. The molecule has 6 heteroatoms. The van der Waals surface area contributed by atoms with Crippen LogP contribution in [0.4, 0.5) is 5.69 Å². The second-order valence-corrected chi connectivity index (χ2v) is 7.27. The highest BCUT2D eigenvalue weighted by atomic mass is 16.5. The minimum Gasteiger partial charge on any atom is -0.496 e. The van der Waals surface area contributed by atoms with Crippen molar-refractivity contribution in [3.05, 3.63) is 47.5 Å². The summed E-state index contributed by atoms with van der Waals surface area (Å²) in [6.07, 6.45) is 3.72. The Morgan fingerprint density at radius 3 is 2.03 bits per heavy atom. The maximum Gasteiger partial charge on any atom is 0.318 e. The summed E-state index contributed by atoms with van der Waals surface area (Å²) >= 11 is 0. The molecule has 1 heterocycles. The molecule has 0 aromatic heterocycles. The van der Waals surface area contributed by atoms with Gasteiger partial charge < -0.3 is 23.8 Å². The number of esters is 1. The van der Waals surface area contributed by atoms with Crippen LogP contribution in [-0.4, -0.2) is 47.0 Å². The van der Waals surface area contributed by atoms with E-state index in [1.54, 1.807) is 40.4 Å². The molecule has 1 unspecified atom stereocenters. The predicted molar refractivity (Wildman–Crippen MR) is 117 cm³/mol. The molecule has 0 aliphatic carbocycles. The number of benzene rings is 2. The number of methoxy groups -OCH3 is 3. The molecule has 2 aromatic rings. The van der Waals surface area contributed by atoms with Gasteiger partial charge in [0.15, 0.2) is 0 Å². The van der Waals surface area contributed by atoms with Crippen molar-refractivity contribution in [3.8, 4) is 17.2 Å². The standard InChI is InChI=1S/C24H31NO5/c1-5-30-24(26)22(23-20(28-3)15-19(27-2)16-21(23)29-4)17-9-11-18(12-10-17)25-13-7-6-8-14-25/h9-12,15-16,22H,5-8,13-14H2,1-4H3. The number of nitrogens with zero attached hydrogens (tertiary/aromatic N) is 1. The molecule has 162 valence electrons. The van der Waals surface area contributed by atoms with Crippen LogP contribution >= 0.6 is 0 Å². The van der Waals surface area contributed by atoms with Crippen LogP contribution in [0.5, 0.6) is 17.2 Å². The van der Waals surface area contributed by atoms with E-state index in [1.807, 2.05) is 12.1 Å². The van der Waals surface area contributed by atoms with E-state index in [2.05, 4.69) is 17.0 Å². The van der Waals surface area contributed by atoms with Crippen LogP contribution in [0.15, 0.2) is 36.4 Å². The van der Waals surface area contributed by atoms with Crippen LogP contribution in [-0.2, 0) is 9.53 Å². The molecule has 3 rings (SSSR count). The SMILES string of the molecule is CCOC(=O)C(c1ccc(N2CCCCC2)cc1)c1c(OC)cc(OC)cc1OC. The van der Waals surface area contributed by atoms with E-state index in [1.165, 1.54) is 24.9 Å². The Balaban J connectivity index is 2.05. The van der Waals surface area contributed by atoms with Gasteiger partial charge >= 0.3 is 5.97 Å². The van der Waals surface area contributed by atoms with Gasteiger partial charge in [0.1, 0.15) is 23.2 Å². The molecule has 30 heavy (non-hydrogen) atoms. The molecule has 0 amide bonds. The quantitative estimate of drug-likeness (QED) is 0.598. The van der Waals surface area contributed by atoms with Crippen LogP contribution in [0.1, 0.15) is 43.2 Å². The molecule has 1 aliphatic heterocycles. The van der Waals surface area contributed by atoms with E-state index < -0.39 is 5.92 Å². The topological polar surface area (TPSA) is 57.2 Å². The average molecular weight is 414 g/mol. The lowest BCUT2D eigenvalue weighted by Gasteiger charge is -2.29. The minimum atomic E-state index is -0.670. The fourth-order valence-corrected chi connectivity index (χ4v) is 3.99. The first-order valence-corrected chi connectivity index (χ1v) is 10.4. The molecule has 1 aliphatic rings. The molecule has 0 saturated carbocycles. The maximum atomic E-state index is 13.0. The van der Waals surface area contributed by atoms with Gasteiger partial charge in [0, 0.05) is 30.9 Å². The zero-order valence-electron chi connectivity index (χ0n) is 18.3. The van der Waals surface area contributed by atoms with Gasteiger partial charge in [0.2, 0.25) is 0 Å². The van der Waals surface area contributed by atoms with Crippen LogP contribution < -0.4 is 19.1 Å². The number of piperidine rings is 1. The first-order valence-electron chi connectivity index (χ1n) is 10.4. The van der Waals surface area contributed by atoms with E-state index in [4.69, 9.17) is 18.9 Å². The van der Waals surface area contributed by atoms with E-state index in [-0.39, 0.29) is 5.97 Å². The zero-order chi connectivity index (χ0) is 21.5. The number of rotatable bonds is 8. The van der Waals surface area contributed by atoms with Crippen molar-refractivity contribution in [2.45, 2.75) is 32.1 Å². The van der Waals surface area contributed by atoms with Crippen molar-refractivity contribution in [1.82, 2.24) is 0 Å². The van der Waals surface area contributed by atoms with Crippen LogP contribution in [0, 0.1) is 0 Å². The van der Waals surface area contributed by atoms with Gasteiger partial charge in [-0.05, 0) is 43.9 Å². The van der Waals surface area contributed by atoms with Gasteiger partial charge in [-0.15, -0.1) is 0 Å². The second-order valence-electron chi connectivity index (χ2n) is 7.27. The lowest BCUT2D eigenvalue weighted by molar-refractivity contribution is -0.143. The molecule has 1 saturated heterocycles. The molecule has 0 radical (unpaired) electrons. The summed E-state index contributed by atoms with van der Waals surface area (Å²) < 4.78 is 22.0. The molecule has 2 aromatic carbocycles. The third kappa shape index (κ3) is 4.64. The van der Waals surface area contributed by atoms with Crippen LogP contribution in [0.2, 0.25) is 0 Å². The van der Waals surface area contributed by atoms with E-state index in [0.29, 0.717) is 29.4 Å². The molecule has 6 nitrogen and oxygen atoms in total. The van der Waals surface area contributed by atoms with Gasteiger partial charge in [-0.3, -0.25) is 4.79 Å². The molecular formula is C24H31NO5. The number of hydrogen-bond acceptors (Lipinski definition) is 6. The maximum absolute atomic E-state index is 13.0. The van der Waals surface area contributed by atoms with E-state index >= 15 is 0 Å². The summed E-state index contributed by atoms with van der Waals surface area (Å²) in [5, 5.41) is 0. The van der Waals surface area contributed by atoms with Gasteiger partial charge in [0.25, 0.3) is 0 Å². The summed E-state index contributed by atoms with van der Waals surface area (Å²) in [6, 6.07) is 11.7. The van der Waals surface area contributed by atoms with Crippen LogP contribution in [0.25, 0.3) is 0 Å². The number of carbonyl (C=O) groups excluding carboxylic acids is 1. The van der Waals surface area contributed by atoms with E-state index in [0.717, 1.165) is 18.7 Å². The second kappa shape index (κ2) is 10.2. The fraction of sp³-hybridized carbons (Fsp3) is 0.458. The van der Waals surface area contributed by atoms with Gasteiger partial charge in [-0.2, -0.15) is 0 Å². The van der Waals surface area contributed by atoms with E-state index in [9.17, 15) is 4.79 Å². The third-order valence-corrected chi connectivity index (χ3v) is 5.51. The molecular weight excluding hydrogens is 382 g/mol. The van der Waals surface area contributed by atoms with Crippen molar-refractivity contribution >= 4 is 11.7 Å². The third-order valence-electron chi connectivity index (χ3n) is 5.51. The highest BCUT2D eigenvalue weighted by Crippen LogP contribution is 2.42. The zero-order valence-corrected chi connectivity index (χ0v) is 18.3. The lowest BCUT2D eigenvalue weighted by Crippen LogP contribution is -2.29. The molecule has 1 atom stereocenters. The molecule has 1 fully saturated rings. The van der Waals surface area contributed by atoms with Gasteiger partial charge in [-0.1, -0.05) is 12.1 Å². The highest BCUT2D eigenvalue weighted by Gasteiger charge is 2.31. The molecule has 0 spiro atoms. The Morgan fingerprint density at radius 2 is 1.53 bits per heavy atom. The number of anilines is 1. The Labute approximate surface area is 178 Å². The van der Waals surface area contributed by atoms with Crippen molar-refractivity contribution in [3.63, 3.8) is 0 Å². The largest absolute Gasteiger partial charge is 0.496 e.